The maximum Gasteiger partial charge on any atom is 0.256 e. The summed E-state index contributed by atoms with van der Waals surface area (Å²) in [6.07, 6.45) is 10.2. The standard InChI is InChI=1S/C30H32N8O3/c1-37(22-9-10-22)17-4-6-26(39)38-18-14-21(19-38)33-29-27-24(13-16-32-28(27)35-36-29)41-23-11-7-20(8-12-23)30(40)34-25-5-2-3-15-31-25/h2-8,11-13,15-16,21-22H,9-10,14,17-19H2,1H3,(H,31,34,40)(H2,32,33,35,36)/b6-4+/t21-/m1/s1. The predicted molar refractivity (Wildman–Crippen MR) is 156 cm³/mol. The fourth-order valence-electron chi connectivity index (χ4n) is 4.90. The van der Waals surface area contributed by atoms with Crippen molar-refractivity contribution >= 4 is 34.5 Å². The van der Waals surface area contributed by atoms with Gasteiger partial charge in [-0.1, -0.05) is 12.1 Å². The van der Waals surface area contributed by atoms with Crippen LogP contribution in [0.15, 0.2) is 73.1 Å². The van der Waals surface area contributed by atoms with Gasteiger partial charge in [0.1, 0.15) is 22.7 Å². The highest BCUT2D eigenvalue weighted by atomic mass is 16.5. The number of likely N-dealkylation sites (N-methyl/N-ethyl adjacent to an activating group) is 1. The average Bonchev–Trinajstić information content (AvgIpc) is 3.61. The maximum absolute atomic E-state index is 12.7. The van der Waals surface area contributed by atoms with Crippen molar-refractivity contribution in [3.05, 3.63) is 78.6 Å². The molecule has 0 bridgehead atoms. The number of H-pyrrole nitrogens is 1. The topological polar surface area (TPSA) is 128 Å². The van der Waals surface area contributed by atoms with Crippen LogP contribution in [0.25, 0.3) is 11.0 Å². The van der Waals surface area contributed by atoms with Crippen LogP contribution in [-0.4, -0.2) is 80.5 Å². The van der Waals surface area contributed by atoms with E-state index in [4.69, 9.17) is 4.74 Å². The van der Waals surface area contributed by atoms with Crippen LogP contribution in [0.3, 0.4) is 0 Å². The molecule has 1 atom stereocenters. The Morgan fingerprint density at radius 3 is 2.73 bits per heavy atom. The first-order valence-corrected chi connectivity index (χ1v) is 13.8. The highest BCUT2D eigenvalue weighted by Gasteiger charge is 2.27. The molecular formula is C30H32N8O3. The second kappa shape index (κ2) is 11.8. The lowest BCUT2D eigenvalue weighted by molar-refractivity contribution is -0.125. The Balaban J connectivity index is 1.09. The predicted octanol–water partition coefficient (Wildman–Crippen LogP) is 4.06. The number of carbonyl (C=O) groups is 2. The van der Waals surface area contributed by atoms with E-state index in [0.29, 0.717) is 53.5 Å². The molecule has 1 aliphatic carbocycles. The van der Waals surface area contributed by atoms with E-state index >= 15 is 0 Å². The van der Waals surface area contributed by atoms with E-state index < -0.39 is 0 Å². The van der Waals surface area contributed by atoms with Crippen molar-refractivity contribution in [2.75, 3.05) is 37.3 Å². The van der Waals surface area contributed by atoms with E-state index in [1.165, 1.54) is 12.8 Å². The lowest BCUT2D eigenvalue weighted by Crippen LogP contribution is -2.30. The van der Waals surface area contributed by atoms with Crippen LogP contribution in [0.2, 0.25) is 0 Å². The highest BCUT2D eigenvalue weighted by Crippen LogP contribution is 2.33. The number of pyridine rings is 2. The van der Waals surface area contributed by atoms with Crippen LogP contribution in [0.4, 0.5) is 11.6 Å². The number of carbonyl (C=O) groups excluding carboxylic acids is 2. The third-order valence-corrected chi connectivity index (χ3v) is 7.34. The van der Waals surface area contributed by atoms with Gasteiger partial charge in [-0.2, -0.15) is 5.10 Å². The molecule has 210 valence electrons. The van der Waals surface area contributed by atoms with Crippen LogP contribution >= 0.6 is 0 Å². The summed E-state index contributed by atoms with van der Waals surface area (Å²) in [6.45, 7) is 2.07. The van der Waals surface area contributed by atoms with Gasteiger partial charge in [0.05, 0.1) is 0 Å². The Bertz CT molecular complexity index is 1550. The minimum Gasteiger partial charge on any atom is -0.456 e. The number of hydrogen-bond acceptors (Lipinski definition) is 8. The number of aromatic nitrogens is 4. The van der Waals surface area contributed by atoms with E-state index in [0.717, 1.165) is 18.4 Å². The van der Waals surface area contributed by atoms with Crippen molar-refractivity contribution in [2.24, 2.45) is 0 Å². The van der Waals surface area contributed by atoms with Crippen LogP contribution in [0.5, 0.6) is 11.5 Å². The minimum absolute atomic E-state index is 0.0354. The molecule has 0 unspecified atom stereocenters. The Labute approximate surface area is 237 Å². The second-order valence-corrected chi connectivity index (χ2v) is 10.4. The zero-order valence-corrected chi connectivity index (χ0v) is 22.8. The number of hydrogen-bond donors (Lipinski definition) is 3. The highest BCUT2D eigenvalue weighted by molar-refractivity contribution is 6.03. The van der Waals surface area contributed by atoms with Crippen molar-refractivity contribution in [2.45, 2.75) is 31.3 Å². The summed E-state index contributed by atoms with van der Waals surface area (Å²) in [4.78, 5) is 37.9. The smallest absolute Gasteiger partial charge is 0.256 e. The first-order chi connectivity index (χ1) is 20.0. The van der Waals surface area contributed by atoms with E-state index in [9.17, 15) is 9.59 Å². The number of fused-ring (bicyclic) bond motifs is 1. The van der Waals surface area contributed by atoms with E-state index in [-0.39, 0.29) is 17.9 Å². The van der Waals surface area contributed by atoms with Crippen molar-refractivity contribution in [1.82, 2.24) is 30.0 Å². The molecule has 1 saturated carbocycles. The summed E-state index contributed by atoms with van der Waals surface area (Å²) in [7, 11) is 2.10. The Morgan fingerprint density at radius 2 is 1.95 bits per heavy atom. The number of amides is 2. The number of likely N-dealkylation sites (tertiary alicyclic amines) is 1. The average molecular weight is 553 g/mol. The van der Waals surface area contributed by atoms with E-state index in [2.05, 4.69) is 42.7 Å². The Kier molecular flexibility index (Phi) is 7.59. The largest absolute Gasteiger partial charge is 0.456 e. The molecule has 6 rings (SSSR count). The molecule has 1 aliphatic heterocycles. The molecule has 0 radical (unpaired) electrons. The third-order valence-electron chi connectivity index (χ3n) is 7.34. The molecule has 4 aromatic rings. The van der Waals surface area contributed by atoms with Crippen LogP contribution in [0.1, 0.15) is 29.6 Å². The lowest BCUT2D eigenvalue weighted by Gasteiger charge is -2.16. The van der Waals surface area contributed by atoms with Crippen molar-refractivity contribution in [1.29, 1.82) is 0 Å². The first-order valence-electron chi connectivity index (χ1n) is 13.8. The van der Waals surface area contributed by atoms with Crippen molar-refractivity contribution in [3.8, 4) is 11.5 Å². The molecule has 1 aromatic carbocycles. The lowest BCUT2D eigenvalue weighted by atomic mass is 10.2. The normalized spacial score (nSPS) is 16.9. The van der Waals surface area contributed by atoms with Crippen molar-refractivity contribution < 1.29 is 14.3 Å². The summed E-state index contributed by atoms with van der Waals surface area (Å²) < 4.78 is 6.19. The summed E-state index contributed by atoms with van der Waals surface area (Å²) in [5, 5.41) is 14.4. The first kappa shape index (κ1) is 26.5. The fraction of sp³-hybridized carbons (Fsp3) is 0.300. The quantitative estimate of drug-likeness (QED) is 0.251. The molecule has 2 fully saturated rings. The van der Waals surface area contributed by atoms with Crippen LogP contribution < -0.4 is 15.4 Å². The van der Waals surface area contributed by atoms with Gasteiger partial charge in [0.15, 0.2) is 11.5 Å². The van der Waals surface area contributed by atoms with Gasteiger partial charge in [-0.05, 0) is 62.7 Å². The fourth-order valence-corrected chi connectivity index (χ4v) is 4.90. The summed E-state index contributed by atoms with van der Waals surface area (Å²) in [6, 6.07) is 14.7. The number of anilines is 2. The molecule has 0 spiro atoms. The number of nitrogens with one attached hydrogen (secondary N) is 3. The third kappa shape index (κ3) is 6.36. The SMILES string of the molecule is CN(C/C=C/C(=O)N1CC[C@@H](Nc2n[nH]c3nccc(Oc4ccc(C(=O)Nc5ccccn5)cc4)c23)C1)C1CC1. The van der Waals surface area contributed by atoms with Gasteiger partial charge in [-0.3, -0.25) is 19.6 Å². The Morgan fingerprint density at radius 1 is 1.10 bits per heavy atom. The molecule has 2 amide bonds. The molecule has 2 aliphatic rings. The van der Waals surface area contributed by atoms with Crippen LogP contribution in [-0.2, 0) is 4.79 Å². The molecule has 3 N–H and O–H groups in total. The maximum atomic E-state index is 12.7. The van der Waals surface area contributed by atoms with Gasteiger partial charge >= 0.3 is 0 Å². The Hall–Kier alpha value is -4.77. The number of nitrogens with zero attached hydrogens (tertiary/aromatic N) is 5. The van der Waals surface area contributed by atoms with E-state index in [1.807, 2.05) is 17.0 Å². The van der Waals surface area contributed by atoms with Crippen LogP contribution in [0, 0.1) is 0 Å². The molecule has 11 nitrogen and oxygen atoms in total. The van der Waals surface area contributed by atoms with Gasteiger partial charge in [0.2, 0.25) is 5.91 Å². The van der Waals surface area contributed by atoms with Gasteiger partial charge < -0.3 is 20.3 Å². The van der Waals surface area contributed by atoms with Crippen molar-refractivity contribution in [3.63, 3.8) is 0 Å². The summed E-state index contributed by atoms with van der Waals surface area (Å²) in [5.74, 6) is 2.03. The number of rotatable bonds is 10. The molecule has 11 heteroatoms. The molecule has 3 aromatic heterocycles. The molecule has 4 heterocycles. The number of ether oxygens (including phenoxy) is 1. The second-order valence-electron chi connectivity index (χ2n) is 10.4. The monoisotopic (exact) mass is 552 g/mol. The number of aromatic amines is 1. The molecule has 1 saturated heterocycles. The van der Waals surface area contributed by atoms with E-state index in [1.54, 1.807) is 60.9 Å². The zero-order valence-electron chi connectivity index (χ0n) is 22.8. The van der Waals surface area contributed by atoms with Gasteiger partial charge in [0, 0.05) is 61.8 Å². The molecule has 41 heavy (non-hydrogen) atoms. The summed E-state index contributed by atoms with van der Waals surface area (Å²) in [5.41, 5.74) is 1.07. The molecular weight excluding hydrogens is 520 g/mol. The summed E-state index contributed by atoms with van der Waals surface area (Å²) >= 11 is 0. The van der Waals surface area contributed by atoms with Gasteiger partial charge in [-0.15, -0.1) is 0 Å². The minimum atomic E-state index is -0.256. The zero-order chi connectivity index (χ0) is 28.2. The van der Waals surface area contributed by atoms with Gasteiger partial charge in [0.25, 0.3) is 5.91 Å². The number of benzene rings is 1. The van der Waals surface area contributed by atoms with Gasteiger partial charge in [-0.25, -0.2) is 9.97 Å².